The minimum Gasteiger partial charge on any atom is -0.497 e. The second kappa shape index (κ2) is 6.59. The number of hydrogen-bond donors (Lipinski definition) is 0. The quantitative estimate of drug-likeness (QED) is 0.826. The van der Waals surface area contributed by atoms with E-state index >= 15 is 0 Å². The van der Waals surface area contributed by atoms with Gasteiger partial charge in [-0.1, -0.05) is 0 Å². The smallest absolute Gasteiger partial charge is 0.270 e. The molecule has 2 fully saturated rings. The molecule has 140 valence electrons. The Morgan fingerprint density at radius 1 is 1.15 bits per heavy atom. The number of benzene rings is 1. The Bertz CT molecular complexity index is 823. The first-order chi connectivity index (χ1) is 12.5. The zero-order valence-corrected chi connectivity index (χ0v) is 15.8. The van der Waals surface area contributed by atoms with Crippen LogP contribution in [0.3, 0.4) is 0 Å². The van der Waals surface area contributed by atoms with Crippen molar-refractivity contribution in [3.05, 3.63) is 30.0 Å². The average molecular weight is 357 g/mol. The standard InChI is InChI=1S/C20H27N3O3/c1-21-8-9-23(14-20(21)6-10-26-11-7-20)19(24)18-13-15-12-16(25-3)4-5-17(15)22(18)2/h4-5,12-13H,6-11,14H2,1-3H3. The number of fused-ring (bicyclic) bond motifs is 1. The Morgan fingerprint density at radius 2 is 1.92 bits per heavy atom. The molecule has 1 aromatic carbocycles. The highest BCUT2D eigenvalue weighted by Crippen LogP contribution is 2.32. The van der Waals surface area contributed by atoms with Crippen LogP contribution in [0.2, 0.25) is 0 Å². The number of nitrogens with zero attached hydrogens (tertiary/aromatic N) is 3. The first-order valence-electron chi connectivity index (χ1n) is 9.26. The van der Waals surface area contributed by atoms with Crippen molar-refractivity contribution in [1.29, 1.82) is 0 Å². The normalized spacial score (nSPS) is 20.7. The van der Waals surface area contributed by atoms with E-state index in [2.05, 4.69) is 11.9 Å². The first kappa shape index (κ1) is 17.4. The van der Waals surface area contributed by atoms with Gasteiger partial charge in [0.25, 0.3) is 5.91 Å². The lowest BCUT2D eigenvalue weighted by molar-refractivity contribution is -0.0544. The average Bonchev–Trinajstić information content (AvgIpc) is 3.00. The van der Waals surface area contributed by atoms with Crippen molar-refractivity contribution >= 4 is 16.8 Å². The molecule has 2 aliphatic rings. The summed E-state index contributed by atoms with van der Waals surface area (Å²) in [6.07, 6.45) is 1.97. The van der Waals surface area contributed by atoms with Gasteiger partial charge in [0.2, 0.25) is 0 Å². The summed E-state index contributed by atoms with van der Waals surface area (Å²) in [5.74, 6) is 0.921. The number of hydrogen-bond acceptors (Lipinski definition) is 4. The zero-order chi connectivity index (χ0) is 18.3. The van der Waals surface area contributed by atoms with Gasteiger partial charge in [0, 0.05) is 56.3 Å². The number of methoxy groups -OCH3 is 1. The van der Waals surface area contributed by atoms with Crippen LogP contribution >= 0.6 is 0 Å². The Hall–Kier alpha value is -2.05. The van der Waals surface area contributed by atoms with E-state index in [4.69, 9.17) is 9.47 Å². The fourth-order valence-corrected chi connectivity index (χ4v) is 4.35. The van der Waals surface area contributed by atoms with Gasteiger partial charge >= 0.3 is 0 Å². The van der Waals surface area contributed by atoms with Gasteiger partial charge in [-0.15, -0.1) is 0 Å². The topological polar surface area (TPSA) is 46.9 Å². The number of rotatable bonds is 2. The summed E-state index contributed by atoms with van der Waals surface area (Å²) in [5, 5.41) is 1.03. The molecule has 2 aliphatic heterocycles. The van der Waals surface area contributed by atoms with Gasteiger partial charge in [0.15, 0.2) is 0 Å². The molecule has 0 unspecified atom stereocenters. The number of piperazine rings is 1. The van der Waals surface area contributed by atoms with Crippen LogP contribution in [0.4, 0.5) is 0 Å². The van der Waals surface area contributed by atoms with Crippen LogP contribution in [0, 0.1) is 0 Å². The number of carbonyl (C=O) groups is 1. The van der Waals surface area contributed by atoms with E-state index in [9.17, 15) is 4.79 Å². The van der Waals surface area contributed by atoms with Crippen LogP contribution in [0.5, 0.6) is 5.75 Å². The van der Waals surface area contributed by atoms with Crippen LogP contribution < -0.4 is 4.74 Å². The maximum atomic E-state index is 13.3. The van der Waals surface area contributed by atoms with Gasteiger partial charge < -0.3 is 18.9 Å². The molecule has 6 heteroatoms. The lowest BCUT2D eigenvalue weighted by atomic mass is 9.86. The van der Waals surface area contributed by atoms with Crippen molar-refractivity contribution < 1.29 is 14.3 Å². The maximum absolute atomic E-state index is 13.3. The molecule has 6 nitrogen and oxygen atoms in total. The third kappa shape index (κ3) is 2.77. The van der Waals surface area contributed by atoms with Gasteiger partial charge in [-0.25, -0.2) is 0 Å². The molecular weight excluding hydrogens is 330 g/mol. The fourth-order valence-electron chi connectivity index (χ4n) is 4.35. The van der Waals surface area contributed by atoms with E-state index in [-0.39, 0.29) is 11.4 Å². The van der Waals surface area contributed by atoms with Crippen molar-refractivity contribution in [2.45, 2.75) is 18.4 Å². The number of likely N-dealkylation sites (N-methyl/N-ethyl adjacent to an activating group) is 1. The van der Waals surface area contributed by atoms with Crippen LogP contribution in [0.25, 0.3) is 10.9 Å². The Kier molecular flexibility index (Phi) is 4.40. The molecule has 1 amide bonds. The van der Waals surface area contributed by atoms with Crippen LogP contribution in [0.1, 0.15) is 23.3 Å². The van der Waals surface area contributed by atoms with E-state index in [1.54, 1.807) is 7.11 Å². The maximum Gasteiger partial charge on any atom is 0.270 e. The Labute approximate surface area is 154 Å². The number of aryl methyl sites for hydroxylation is 1. The Balaban J connectivity index is 1.63. The molecule has 26 heavy (non-hydrogen) atoms. The van der Waals surface area contributed by atoms with E-state index in [0.717, 1.165) is 68.0 Å². The minimum absolute atomic E-state index is 0.0555. The molecule has 0 atom stereocenters. The number of aromatic nitrogens is 1. The molecule has 3 heterocycles. The number of amides is 1. The highest BCUT2D eigenvalue weighted by molar-refractivity contribution is 5.99. The van der Waals surface area contributed by atoms with E-state index in [1.807, 2.05) is 40.8 Å². The highest BCUT2D eigenvalue weighted by Gasteiger charge is 2.42. The molecule has 0 saturated carbocycles. The fraction of sp³-hybridized carbons (Fsp3) is 0.550. The van der Waals surface area contributed by atoms with E-state index < -0.39 is 0 Å². The van der Waals surface area contributed by atoms with Crippen molar-refractivity contribution in [2.24, 2.45) is 7.05 Å². The molecule has 2 aromatic rings. The predicted molar refractivity (Wildman–Crippen MR) is 101 cm³/mol. The largest absolute Gasteiger partial charge is 0.497 e. The summed E-state index contributed by atoms with van der Waals surface area (Å²) >= 11 is 0. The first-order valence-corrected chi connectivity index (χ1v) is 9.26. The third-order valence-electron chi connectivity index (χ3n) is 6.18. The van der Waals surface area contributed by atoms with Gasteiger partial charge in [0.1, 0.15) is 11.4 Å². The van der Waals surface area contributed by atoms with Gasteiger partial charge in [-0.3, -0.25) is 9.69 Å². The van der Waals surface area contributed by atoms with Crippen molar-refractivity contribution in [3.8, 4) is 5.75 Å². The third-order valence-corrected chi connectivity index (χ3v) is 6.18. The molecule has 0 aliphatic carbocycles. The van der Waals surface area contributed by atoms with E-state index in [1.165, 1.54) is 0 Å². The predicted octanol–water partition coefficient (Wildman–Crippen LogP) is 2.12. The number of carbonyl (C=O) groups excluding carboxylic acids is 1. The molecule has 0 bridgehead atoms. The van der Waals surface area contributed by atoms with Gasteiger partial charge in [-0.2, -0.15) is 0 Å². The second-order valence-electron chi connectivity index (χ2n) is 7.50. The summed E-state index contributed by atoms with van der Waals surface area (Å²) in [6, 6.07) is 7.91. The van der Waals surface area contributed by atoms with Crippen molar-refractivity contribution in [1.82, 2.24) is 14.4 Å². The second-order valence-corrected chi connectivity index (χ2v) is 7.50. The minimum atomic E-state index is 0.0555. The summed E-state index contributed by atoms with van der Waals surface area (Å²) in [4.78, 5) is 17.7. The van der Waals surface area contributed by atoms with Crippen molar-refractivity contribution in [3.63, 3.8) is 0 Å². The van der Waals surface area contributed by atoms with Crippen LogP contribution in [-0.4, -0.2) is 72.8 Å². The summed E-state index contributed by atoms with van der Waals surface area (Å²) < 4.78 is 12.9. The van der Waals surface area contributed by atoms with Crippen LogP contribution in [-0.2, 0) is 11.8 Å². The molecule has 0 radical (unpaired) electrons. The molecular formula is C20H27N3O3. The van der Waals surface area contributed by atoms with Crippen molar-refractivity contribution in [2.75, 3.05) is 47.0 Å². The molecule has 1 aromatic heterocycles. The van der Waals surface area contributed by atoms with Gasteiger partial charge in [-0.05, 0) is 44.2 Å². The molecule has 0 N–H and O–H groups in total. The summed E-state index contributed by atoms with van der Waals surface area (Å²) in [6.45, 7) is 4.00. The monoisotopic (exact) mass is 357 g/mol. The molecule has 2 saturated heterocycles. The SMILES string of the molecule is COc1ccc2c(c1)cc(C(=O)N1CCN(C)C3(CCOCC3)C1)n2C. The number of ether oxygens (including phenoxy) is 2. The lowest BCUT2D eigenvalue weighted by Gasteiger charge is -2.51. The zero-order valence-electron chi connectivity index (χ0n) is 15.8. The molecule has 1 spiro atoms. The highest BCUT2D eigenvalue weighted by atomic mass is 16.5. The molecule has 4 rings (SSSR count). The summed E-state index contributed by atoms with van der Waals surface area (Å²) in [7, 11) is 5.80. The van der Waals surface area contributed by atoms with Gasteiger partial charge in [0.05, 0.1) is 7.11 Å². The summed E-state index contributed by atoms with van der Waals surface area (Å²) in [5.41, 5.74) is 1.84. The Morgan fingerprint density at radius 3 is 2.65 bits per heavy atom. The van der Waals surface area contributed by atoms with E-state index in [0.29, 0.717) is 0 Å². The van der Waals surface area contributed by atoms with Crippen LogP contribution in [0.15, 0.2) is 24.3 Å². The lowest BCUT2D eigenvalue weighted by Crippen LogP contribution is -2.63.